The van der Waals surface area contributed by atoms with Crippen molar-refractivity contribution in [2.45, 2.75) is 38.6 Å². The van der Waals surface area contributed by atoms with Gasteiger partial charge in [0.05, 0.1) is 17.1 Å². The molecule has 1 N–H and O–H groups in total. The van der Waals surface area contributed by atoms with E-state index < -0.39 is 0 Å². The molecule has 0 unspecified atom stereocenters. The van der Waals surface area contributed by atoms with Crippen LogP contribution in [0.2, 0.25) is 0 Å². The van der Waals surface area contributed by atoms with E-state index in [-0.39, 0.29) is 5.91 Å². The number of aromatic nitrogens is 1. The van der Waals surface area contributed by atoms with Crippen LogP contribution in [0.25, 0.3) is 0 Å². The van der Waals surface area contributed by atoms with Gasteiger partial charge in [-0.15, -0.1) is 11.3 Å². The van der Waals surface area contributed by atoms with E-state index in [4.69, 9.17) is 0 Å². The normalized spacial score (nSPS) is 17.1. The summed E-state index contributed by atoms with van der Waals surface area (Å²) in [7, 11) is 1.99. The van der Waals surface area contributed by atoms with Gasteiger partial charge in [0, 0.05) is 24.5 Å². The van der Waals surface area contributed by atoms with Crippen molar-refractivity contribution in [2.75, 3.05) is 20.1 Å². The maximum absolute atomic E-state index is 12.1. The zero-order valence-electron chi connectivity index (χ0n) is 11.1. The van der Waals surface area contributed by atoms with Crippen LogP contribution in [0.4, 0.5) is 0 Å². The van der Waals surface area contributed by atoms with E-state index in [1.807, 2.05) is 17.3 Å². The number of hydrogen-bond donors (Lipinski definition) is 1. The lowest BCUT2D eigenvalue weighted by Crippen LogP contribution is -2.44. The van der Waals surface area contributed by atoms with Crippen molar-refractivity contribution in [3.05, 3.63) is 16.1 Å². The van der Waals surface area contributed by atoms with Gasteiger partial charge in [-0.05, 0) is 26.3 Å². The molecule has 0 bridgehead atoms. The number of nitrogens with zero attached hydrogens (tertiary/aromatic N) is 2. The Balaban J connectivity index is 1.85. The number of likely N-dealkylation sites (tertiary alicyclic amines) is 1. The summed E-state index contributed by atoms with van der Waals surface area (Å²) in [6, 6.07) is 0.569. The van der Waals surface area contributed by atoms with Crippen molar-refractivity contribution in [3.63, 3.8) is 0 Å². The largest absolute Gasteiger partial charge is 0.342 e. The van der Waals surface area contributed by atoms with E-state index in [1.54, 1.807) is 11.3 Å². The van der Waals surface area contributed by atoms with Crippen molar-refractivity contribution in [1.29, 1.82) is 0 Å². The molecule has 1 fully saturated rings. The second-order valence-electron chi connectivity index (χ2n) is 4.71. The first kappa shape index (κ1) is 13.5. The van der Waals surface area contributed by atoms with E-state index in [0.717, 1.165) is 43.1 Å². The first-order chi connectivity index (χ1) is 8.72. The monoisotopic (exact) mass is 267 g/mol. The number of carbonyl (C=O) groups excluding carboxylic acids is 1. The Morgan fingerprint density at radius 1 is 1.56 bits per heavy atom. The summed E-state index contributed by atoms with van der Waals surface area (Å²) in [4.78, 5) is 18.6. The average molecular weight is 267 g/mol. The second kappa shape index (κ2) is 6.29. The summed E-state index contributed by atoms with van der Waals surface area (Å²) in [6.07, 6.45) is 3.52. The van der Waals surface area contributed by atoms with Crippen LogP contribution in [0.1, 0.15) is 30.5 Å². The molecular weight excluding hydrogens is 246 g/mol. The lowest BCUT2D eigenvalue weighted by Gasteiger charge is -2.31. The summed E-state index contributed by atoms with van der Waals surface area (Å²) in [5, 5.41) is 6.40. The highest BCUT2D eigenvalue weighted by atomic mass is 32.1. The van der Waals surface area contributed by atoms with Gasteiger partial charge < -0.3 is 10.2 Å². The van der Waals surface area contributed by atoms with Crippen LogP contribution in [0.5, 0.6) is 0 Å². The molecule has 0 radical (unpaired) electrons. The highest BCUT2D eigenvalue weighted by molar-refractivity contribution is 7.09. The van der Waals surface area contributed by atoms with Crippen LogP contribution in [0.3, 0.4) is 0 Å². The third-order valence-electron chi connectivity index (χ3n) is 3.49. The molecule has 1 aromatic rings. The van der Waals surface area contributed by atoms with Crippen molar-refractivity contribution in [1.82, 2.24) is 15.2 Å². The standard InChI is InChI=1S/C13H21N3OS/c1-3-12-15-11(9-18-12)8-13(17)16-6-4-10(14-2)5-7-16/h9-10,14H,3-8H2,1-2H3. The van der Waals surface area contributed by atoms with E-state index >= 15 is 0 Å². The number of aryl methyl sites for hydroxylation is 1. The topological polar surface area (TPSA) is 45.2 Å². The Bertz CT molecular complexity index is 397. The van der Waals surface area contributed by atoms with E-state index in [2.05, 4.69) is 17.2 Å². The number of rotatable bonds is 4. The molecular formula is C13H21N3OS. The molecule has 5 heteroatoms. The minimum atomic E-state index is 0.220. The van der Waals surface area contributed by atoms with Crippen LogP contribution in [0, 0.1) is 0 Å². The van der Waals surface area contributed by atoms with Crippen LogP contribution in [-0.4, -0.2) is 42.0 Å². The van der Waals surface area contributed by atoms with Gasteiger partial charge >= 0.3 is 0 Å². The molecule has 18 heavy (non-hydrogen) atoms. The predicted octanol–water partition coefficient (Wildman–Crippen LogP) is 1.46. The maximum atomic E-state index is 12.1. The Hall–Kier alpha value is -0.940. The molecule has 0 saturated carbocycles. The highest BCUT2D eigenvalue weighted by Gasteiger charge is 2.22. The van der Waals surface area contributed by atoms with Crippen molar-refractivity contribution < 1.29 is 4.79 Å². The molecule has 0 aromatic carbocycles. The molecule has 1 saturated heterocycles. The summed E-state index contributed by atoms with van der Waals surface area (Å²) in [5.74, 6) is 0.220. The first-order valence-electron chi connectivity index (χ1n) is 6.61. The molecule has 0 aliphatic carbocycles. The second-order valence-corrected chi connectivity index (χ2v) is 5.65. The summed E-state index contributed by atoms with van der Waals surface area (Å²) in [5.41, 5.74) is 0.928. The quantitative estimate of drug-likeness (QED) is 0.898. The maximum Gasteiger partial charge on any atom is 0.228 e. The van der Waals surface area contributed by atoms with Crippen LogP contribution in [0.15, 0.2) is 5.38 Å². The molecule has 1 aliphatic heterocycles. The number of nitrogens with one attached hydrogen (secondary N) is 1. The molecule has 1 aromatic heterocycles. The molecule has 0 atom stereocenters. The number of thiazole rings is 1. The number of amides is 1. The summed E-state index contributed by atoms with van der Waals surface area (Å²) >= 11 is 1.65. The zero-order valence-corrected chi connectivity index (χ0v) is 11.9. The van der Waals surface area contributed by atoms with Crippen LogP contribution >= 0.6 is 11.3 Å². The Morgan fingerprint density at radius 2 is 2.28 bits per heavy atom. The zero-order chi connectivity index (χ0) is 13.0. The van der Waals surface area contributed by atoms with Gasteiger partial charge in [-0.2, -0.15) is 0 Å². The molecule has 4 nitrogen and oxygen atoms in total. The van der Waals surface area contributed by atoms with E-state index in [9.17, 15) is 4.79 Å². The SMILES string of the molecule is CCc1nc(CC(=O)N2CCC(NC)CC2)cs1. The van der Waals surface area contributed by atoms with E-state index in [1.165, 1.54) is 0 Å². The summed E-state index contributed by atoms with van der Waals surface area (Å²) in [6.45, 7) is 3.83. The predicted molar refractivity (Wildman–Crippen MR) is 73.9 cm³/mol. The smallest absolute Gasteiger partial charge is 0.228 e. The van der Waals surface area contributed by atoms with Gasteiger partial charge in [0.25, 0.3) is 0 Å². The molecule has 1 amide bonds. The van der Waals surface area contributed by atoms with Crippen LogP contribution in [-0.2, 0) is 17.6 Å². The van der Waals surface area contributed by atoms with Crippen molar-refractivity contribution in [3.8, 4) is 0 Å². The van der Waals surface area contributed by atoms with Crippen molar-refractivity contribution in [2.24, 2.45) is 0 Å². The highest BCUT2D eigenvalue weighted by Crippen LogP contribution is 2.14. The Kier molecular flexibility index (Phi) is 4.72. The minimum absolute atomic E-state index is 0.220. The lowest BCUT2D eigenvalue weighted by molar-refractivity contribution is -0.131. The molecule has 100 valence electrons. The van der Waals surface area contributed by atoms with Gasteiger partial charge in [-0.25, -0.2) is 4.98 Å². The Morgan fingerprint density at radius 3 is 2.83 bits per heavy atom. The fourth-order valence-corrected chi connectivity index (χ4v) is 3.02. The molecule has 2 rings (SSSR count). The average Bonchev–Trinajstić information content (AvgIpc) is 2.86. The fraction of sp³-hybridized carbons (Fsp3) is 0.692. The lowest BCUT2D eigenvalue weighted by atomic mass is 10.0. The van der Waals surface area contributed by atoms with Crippen molar-refractivity contribution >= 4 is 17.2 Å². The minimum Gasteiger partial charge on any atom is -0.342 e. The van der Waals surface area contributed by atoms with Gasteiger partial charge in [0.15, 0.2) is 0 Å². The Labute approximate surface area is 112 Å². The van der Waals surface area contributed by atoms with Crippen LogP contribution < -0.4 is 5.32 Å². The fourth-order valence-electron chi connectivity index (χ4n) is 2.28. The number of hydrogen-bond acceptors (Lipinski definition) is 4. The summed E-state index contributed by atoms with van der Waals surface area (Å²) < 4.78 is 0. The number of carbonyl (C=O) groups is 1. The van der Waals surface area contributed by atoms with E-state index in [0.29, 0.717) is 12.5 Å². The number of piperidine rings is 1. The van der Waals surface area contributed by atoms with Gasteiger partial charge in [0.2, 0.25) is 5.91 Å². The third-order valence-corrected chi connectivity index (χ3v) is 4.53. The molecule has 1 aliphatic rings. The van der Waals surface area contributed by atoms with Gasteiger partial charge in [-0.3, -0.25) is 4.79 Å². The van der Waals surface area contributed by atoms with Gasteiger partial charge in [-0.1, -0.05) is 6.92 Å². The first-order valence-corrected chi connectivity index (χ1v) is 7.49. The molecule has 2 heterocycles. The van der Waals surface area contributed by atoms with Gasteiger partial charge in [0.1, 0.15) is 0 Å². The molecule has 0 spiro atoms. The third kappa shape index (κ3) is 3.29.